The molecule has 0 aromatic heterocycles. The van der Waals surface area contributed by atoms with Gasteiger partial charge in [0.1, 0.15) is 0 Å². The lowest BCUT2D eigenvalue weighted by Crippen LogP contribution is -2.44. The molecular formula is C16H26N2O2. The molecule has 2 amide bonds. The fraction of sp³-hybridized carbons (Fsp3) is 0.875. The van der Waals surface area contributed by atoms with E-state index in [4.69, 9.17) is 0 Å². The van der Waals surface area contributed by atoms with Crippen LogP contribution in [0.2, 0.25) is 0 Å². The molecule has 5 atom stereocenters. The molecule has 0 aromatic carbocycles. The van der Waals surface area contributed by atoms with Gasteiger partial charge in [0.15, 0.2) is 0 Å². The Hall–Kier alpha value is -1.06. The molecule has 0 radical (unpaired) electrons. The van der Waals surface area contributed by atoms with E-state index in [-0.39, 0.29) is 17.9 Å². The summed E-state index contributed by atoms with van der Waals surface area (Å²) >= 11 is 0. The van der Waals surface area contributed by atoms with Gasteiger partial charge in [0.05, 0.1) is 0 Å². The van der Waals surface area contributed by atoms with E-state index in [1.165, 1.54) is 25.7 Å². The minimum absolute atomic E-state index is 0.121. The second-order valence-corrected chi connectivity index (χ2v) is 7.22. The minimum atomic E-state index is 0.121. The lowest BCUT2D eigenvalue weighted by molar-refractivity contribution is -0.126. The molecule has 0 spiro atoms. The summed E-state index contributed by atoms with van der Waals surface area (Å²) in [6.45, 7) is 2.69. The number of piperidine rings is 1. The first-order chi connectivity index (χ1) is 9.60. The normalized spacial score (nSPS) is 39.6. The third kappa shape index (κ3) is 3.15. The Morgan fingerprint density at radius 1 is 1.30 bits per heavy atom. The van der Waals surface area contributed by atoms with Crippen LogP contribution in [0.25, 0.3) is 0 Å². The van der Waals surface area contributed by atoms with Crippen LogP contribution in [0.4, 0.5) is 0 Å². The van der Waals surface area contributed by atoms with Crippen LogP contribution in [-0.4, -0.2) is 24.4 Å². The fourth-order valence-corrected chi connectivity index (χ4v) is 4.59. The molecule has 1 aliphatic heterocycles. The molecule has 1 heterocycles. The average Bonchev–Trinajstić information content (AvgIpc) is 2.97. The van der Waals surface area contributed by atoms with E-state index in [9.17, 15) is 9.59 Å². The molecule has 1 saturated heterocycles. The number of carbonyl (C=O) groups excluding carboxylic acids is 2. The van der Waals surface area contributed by atoms with Crippen LogP contribution in [0.1, 0.15) is 51.9 Å². The van der Waals surface area contributed by atoms with Crippen molar-refractivity contribution in [1.82, 2.24) is 10.6 Å². The maximum Gasteiger partial charge on any atom is 0.220 e. The molecule has 3 aliphatic rings. The van der Waals surface area contributed by atoms with Crippen LogP contribution >= 0.6 is 0 Å². The number of rotatable bonds is 4. The first-order valence-electron chi connectivity index (χ1n) is 8.16. The van der Waals surface area contributed by atoms with Crippen LogP contribution in [0.3, 0.4) is 0 Å². The van der Waals surface area contributed by atoms with Gasteiger partial charge in [-0.3, -0.25) is 9.59 Å². The number of nitrogens with one attached hydrogen (secondary N) is 2. The van der Waals surface area contributed by atoms with Gasteiger partial charge in [-0.15, -0.1) is 0 Å². The zero-order chi connectivity index (χ0) is 14.1. The van der Waals surface area contributed by atoms with Gasteiger partial charge in [0.2, 0.25) is 11.8 Å². The van der Waals surface area contributed by atoms with Gasteiger partial charge >= 0.3 is 0 Å². The molecule has 2 saturated carbocycles. The van der Waals surface area contributed by atoms with Crippen molar-refractivity contribution in [2.24, 2.45) is 23.7 Å². The Morgan fingerprint density at radius 2 is 2.15 bits per heavy atom. The Kier molecular flexibility index (Phi) is 3.99. The smallest absolute Gasteiger partial charge is 0.220 e. The van der Waals surface area contributed by atoms with Crippen molar-refractivity contribution in [3.63, 3.8) is 0 Å². The van der Waals surface area contributed by atoms with Crippen molar-refractivity contribution in [2.45, 2.75) is 57.9 Å². The Bertz CT molecular complexity index is 396. The molecule has 5 unspecified atom stereocenters. The maximum absolute atomic E-state index is 12.1. The molecule has 112 valence electrons. The van der Waals surface area contributed by atoms with Gasteiger partial charge < -0.3 is 10.6 Å². The molecule has 3 rings (SSSR count). The van der Waals surface area contributed by atoms with Crippen LogP contribution in [-0.2, 0) is 9.59 Å². The standard InChI is InChI=1S/C16H26N2O2/c1-10-4-12(7-16(20)18-10)9-17-15(19)8-14-6-11-2-3-13(14)5-11/h10-14H,2-9H2,1H3,(H,17,19)(H,18,20). The molecule has 4 heteroatoms. The summed E-state index contributed by atoms with van der Waals surface area (Å²) in [6, 6.07) is 0.240. The van der Waals surface area contributed by atoms with Crippen molar-refractivity contribution in [3.05, 3.63) is 0 Å². The number of carbonyl (C=O) groups is 2. The van der Waals surface area contributed by atoms with E-state index in [1.54, 1.807) is 0 Å². The van der Waals surface area contributed by atoms with Crippen molar-refractivity contribution < 1.29 is 9.59 Å². The van der Waals surface area contributed by atoms with E-state index in [2.05, 4.69) is 10.6 Å². The summed E-state index contributed by atoms with van der Waals surface area (Å²) in [7, 11) is 0. The van der Waals surface area contributed by atoms with Crippen molar-refractivity contribution in [3.8, 4) is 0 Å². The van der Waals surface area contributed by atoms with E-state index < -0.39 is 0 Å². The molecule has 2 aliphatic carbocycles. The predicted molar refractivity (Wildman–Crippen MR) is 76.9 cm³/mol. The second kappa shape index (κ2) is 5.74. The van der Waals surface area contributed by atoms with E-state index in [0.717, 1.165) is 18.3 Å². The second-order valence-electron chi connectivity index (χ2n) is 7.22. The van der Waals surface area contributed by atoms with Crippen LogP contribution in [0.5, 0.6) is 0 Å². The summed E-state index contributed by atoms with van der Waals surface area (Å²) in [4.78, 5) is 23.5. The van der Waals surface area contributed by atoms with Crippen LogP contribution in [0, 0.1) is 23.7 Å². The first kappa shape index (κ1) is 13.9. The monoisotopic (exact) mass is 278 g/mol. The van der Waals surface area contributed by atoms with Gasteiger partial charge in [-0.05, 0) is 56.3 Å². The molecular weight excluding hydrogens is 252 g/mol. The molecule has 4 nitrogen and oxygen atoms in total. The third-order valence-corrected chi connectivity index (χ3v) is 5.49. The maximum atomic E-state index is 12.1. The largest absolute Gasteiger partial charge is 0.356 e. The topological polar surface area (TPSA) is 58.2 Å². The Labute approximate surface area is 121 Å². The SMILES string of the molecule is CC1CC(CNC(=O)CC2CC3CCC2C3)CC(=O)N1. The predicted octanol–water partition coefficient (Wildman–Crippen LogP) is 1.84. The van der Waals surface area contributed by atoms with Crippen molar-refractivity contribution in [2.75, 3.05) is 6.54 Å². The summed E-state index contributed by atoms with van der Waals surface area (Å²) in [5.74, 6) is 2.97. The van der Waals surface area contributed by atoms with E-state index in [0.29, 0.717) is 31.2 Å². The summed E-state index contributed by atoms with van der Waals surface area (Å²) < 4.78 is 0. The lowest BCUT2D eigenvalue weighted by Gasteiger charge is -2.28. The van der Waals surface area contributed by atoms with Gasteiger partial charge in [-0.25, -0.2) is 0 Å². The highest BCUT2D eigenvalue weighted by atomic mass is 16.2. The highest BCUT2D eigenvalue weighted by Gasteiger charge is 2.40. The fourth-order valence-electron chi connectivity index (χ4n) is 4.59. The highest BCUT2D eigenvalue weighted by Crippen LogP contribution is 2.49. The number of fused-ring (bicyclic) bond motifs is 2. The Morgan fingerprint density at radius 3 is 2.80 bits per heavy atom. The van der Waals surface area contributed by atoms with E-state index >= 15 is 0 Å². The van der Waals surface area contributed by atoms with Gasteiger partial charge in [-0.1, -0.05) is 6.42 Å². The molecule has 3 fully saturated rings. The summed E-state index contributed by atoms with van der Waals surface area (Å²) in [6.07, 6.45) is 7.58. The van der Waals surface area contributed by atoms with Gasteiger partial charge in [0, 0.05) is 25.4 Å². The van der Waals surface area contributed by atoms with Gasteiger partial charge in [0.25, 0.3) is 0 Å². The summed E-state index contributed by atoms with van der Waals surface area (Å²) in [5.41, 5.74) is 0. The molecule has 2 bridgehead atoms. The van der Waals surface area contributed by atoms with E-state index in [1.807, 2.05) is 6.92 Å². The average molecular weight is 278 g/mol. The summed E-state index contributed by atoms with van der Waals surface area (Å²) in [5, 5.41) is 5.98. The number of amides is 2. The Balaban J connectivity index is 1.40. The number of hydrogen-bond donors (Lipinski definition) is 2. The minimum Gasteiger partial charge on any atom is -0.356 e. The third-order valence-electron chi connectivity index (χ3n) is 5.49. The zero-order valence-electron chi connectivity index (χ0n) is 12.4. The van der Waals surface area contributed by atoms with Crippen LogP contribution in [0.15, 0.2) is 0 Å². The van der Waals surface area contributed by atoms with Crippen molar-refractivity contribution >= 4 is 11.8 Å². The first-order valence-corrected chi connectivity index (χ1v) is 8.16. The molecule has 20 heavy (non-hydrogen) atoms. The zero-order valence-corrected chi connectivity index (χ0v) is 12.4. The van der Waals surface area contributed by atoms with Crippen LogP contribution < -0.4 is 10.6 Å². The molecule has 0 aromatic rings. The van der Waals surface area contributed by atoms with Crippen molar-refractivity contribution in [1.29, 1.82) is 0 Å². The highest BCUT2D eigenvalue weighted by molar-refractivity contribution is 5.78. The van der Waals surface area contributed by atoms with Gasteiger partial charge in [-0.2, -0.15) is 0 Å². The molecule has 2 N–H and O–H groups in total. The quantitative estimate of drug-likeness (QED) is 0.824. The number of hydrogen-bond acceptors (Lipinski definition) is 2. The lowest BCUT2D eigenvalue weighted by atomic mass is 9.86.